The third-order valence-electron chi connectivity index (χ3n) is 3.92. The first-order chi connectivity index (χ1) is 10.3. The van der Waals surface area contributed by atoms with E-state index in [1.807, 2.05) is 0 Å². The Kier molecular flexibility index (Phi) is 2.82. The Morgan fingerprint density at radius 1 is 1.29 bits per heavy atom. The van der Waals surface area contributed by atoms with E-state index in [-0.39, 0.29) is 6.04 Å². The van der Waals surface area contributed by atoms with Gasteiger partial charge in [-0.1, -0.05) is 24.3 Å². The van der Waals surface area contributed by atoms with Crippen molar-refractivity contribution < 1.29 is 0 Å². The van der Waals surface area contributed by atoms with Crippen molar-refractivity contribution in [1.29, 1.82) is 0 Å². The number of aromatic nitrogens is 4. The molecule has 3 aromatic rings. The molecule has 4 rings (SSSR count). The lowest BCUT2D eigenvalue weighted by Crippen LogP contribution is -2.34. The maximum atomic E-state index is 4.37. The number of hydrogen-bond donors (Lipinski definition) is 2. The highest BCUT2D eigenvalue weighted by Gasteiger charge is 2.23. The number of hydrogen-bond acceptors (Lipinski definition) is 5. The van der Waals surface area contributed by atoms with Crippen LogP contribution >= 0.6 is 0 Å². The van der Waals surface area contributed by atoms with Crippen molar-refractivity contribution in [3.63, 3.8) is 0 Å². The topological polar surface area (TPSA) is 69.7 Å². The van der Waals surface area contributed by atoms with Crippen molar-refractivity contribution in [1.82, 2.24) is 25.1 Å². The monoisotopic (exact) mass is 280 g/mol. The lowest BCUT2D eigenvalue weighted by Gasteiger charge is -2.33. The zero-order valence-electron chi connectivity index (χ0n) is 11.7. The molecule has 1 aromatic carbocycles. The number of fused-ring (bicyclic) bond motifs is 2. The van der Waals surface area contributed by atoms with Gasteiger partial charge in [0, 0.05) is 13.1 Å². The molecule has 1 aliphatic rings. The molecular weight excluding hydrogens is 264 g/mol. The quantitative estimate of drug-likeness (QED) is 0.751. The molecule has 0 bridgehead atoms. The summed E-state index contributed by atoms with van der Waals surface area (Å²) in [5.74, 6) is 0.823. The second-order valence-electron chi connectivity index (χ2n) is 5.45. The van der Waals surface area contributed by atoms with Crippen molar-refractivity contribution in [3.8, 4) is 0 Å². The lowest BCUT2D eigenvalue weighted by atomic mass is 9.95. The van der Waals surface area contributed by atoms with Crippen molar-refractivity contribution in [2.24, 2.45) is 0 Å². The van der Waals surface area contributed by atoms with Crippen molar-refractivity contribution in [3.05, 3.63) is 47.9 Å². The van der Waals surface area contributed by atoms with E-state index in [0.29, 0.717) is 0 Å². The number of H-pyrrole nitrogens is 1. The molecule has 0 amide bonds. The normalized spacial score (nSPS) is 18.6. The summed E-state index contributed by atoms with van der Waals surface area (Å²) in [6.07, 6.45) is 3.32. The highest BCUT2D eigenvalue weighted by Crippen LogP contribution is 2.29. The third kappa shape index (κ3) is 2.13. The molecule has 0 radical (unpaired) electrons. The Morgan fingerprint density at radius 3 is 3.14 bits per heavy atom. The maximum absolute atomic E-state index is 4.37. The number of aromatic amines is 1. The van der Waals surface area contributed by atoms with Gasteiger partial charge in [-0.15, -0.1) is 0 Å². The molecule has 0 fully saturated rings. The molecule has 1 unspecified atom stereocenters. The van der Waals surface area contributed by atoms with Crippen molar-refractivity contribution in [2.75, 3.05) is 18.9 Å². The van der Waals surface area contributed by atoms with E-state index in [9.17, 15) is 0 Å². The van der Waals surface area contributed by atoms with Crippen LogP contribution in [-0.2, 0) is 6.54 Å². The van der Waals surface area contributed by atoms with Crippen molar-refractivity contribution in [2.45, 2.75) is 12.6 Å². The van der Waals surface area contributed by atoms with E-state index in [4.69, 9.17) is 0 Å². The number of anilines is 1. The number of rotatable bonds is 2. The van der Waals surface area contributed by atoms with Gasteiger partial charge in [0.15, 0.2) is 5.65 Å². The highest BCUT2D eigenvalue weighted by molar-refractivity contribution is 5.85. The number of likely N-dealkylation sites (N-methyl/N-ethyl adjacent to an activating group) is 1. The molecule has 0 saturated heterocycles. The molecule has 0 spiro atoms. The SMILES string of the molecule is CN1Cc2ccccc2C(Nc2ncnc3[nH]ncc23)C1. The molecular formula is C15H16N6. The van der Waals surface area contributed by atoms with Crippen molar-refractivity contribution >= 4 is 16.9 Å². The Morgan fingerprint density at radius 2 is 2.19 bits per heavy atom. The third-order valence-corrected chi connectivity index (χ3v) is 3.92. The smallest absolute Gasteiger partial charge is 0.160 e. The molecule has 6 heteroatoms. The molecule has 1 atom stereocenters. The summed E-state index contributed by atoms with van der Waals surface area (Å²) in [7, 11) is 2.14. The second kappa shape index (κ2) is 4.82. The van der Waals surface area contributed by atoms with Gasteiger partial charge < -0.3 is 5.32 Å². The zero-order chi connectivity index (χ0) is 14.2. The summed E-state index contributed by atoms with van der Waals surface area (Å²) >= 11 is 0. The molecule has 2 N–H and O–H groups in total. The molecule has 6 nitrogen and oxygen atoms in total. The Hall–Kier alpha value is -2.47. The van der Waals surface area contributed by atoms with E-state index in [0.717, 1.165) is 29.9 Å². The van der Waals surface area contributed by atoms with Crippen LogP contribution in [0, 0.1) is 0 Å². The average molecular weight is 280 g/mol. The van der Waals surface area contributed by atoms with E-state index < -0.39 is 0 Å². The van der Waals surface area contributed by atoms with E-state index in [1.165, 1.54) is 11.1 Å². The van der Waals surface area contributed by atoms with Crippen LogP contribution < -0.4 is 5.32 Å². The first-order valence-electron chi connectivity index (χ1n) is 6.98. The Labute approximate surface area is 122 Å². The van der Waals surface area contributed by atoms with Crippen LogP contribution in [0.4, 0.5) is 5.82 Å². The number of nitrogens with one attached hydrogen (secondary N) is 2. The molecule has 2 aromatic heterocycles. The fourth-order valence-corrected chi connectivity index (χ4v) is 2.95. The van der Waals surface area contributed by atoms with Gasteiger partial charge in [-0.25, -0.2) is 9.97 Å². The minimum Gasteiger partial charge on any atom is -0.361 e. The summed E-state index contributed by atoms with van der Waals surface area (Å²) in [6.45, 7) is 1.93. The first kappa shape index (κ1) is 12.3. The van der Waals surface area contributed by atoms with Gasteiger partial charge in [0.25, 0.3) is 0 Å². The summed E-state index contributed by atoms with van der Waals surface area (Å²) in [5.41, 5.74) is 3.46. The van der Waals surface area contributed by atoms with Gasteiger partial charge >= 0.3 is 0 Å². The molecule has 106 valence electrons. The summed E-state index contributed by atoms with van der Waals surface area (Å²) in [4.78, 5) is 10.9. The molecule has 21 heavy (non-hydrogen) atoms. The fraction of sp³-hybridized carbons (Fsp3) is 0.267. The summed E-state index contributed by atoms with van der Waals surface area (Å²) in [5, 5.41) is 11.4. The molecule has 3 heterocycles. The second-order valence-corrected chi connectivity index (χ2v) is 5.45. The van der Waals surface area contributed by atoms with Crippen LogP contribution in [0.15, 0.2) is 36.8 Å². The van der Waals surface area contributed by atoms with Crippen LogP contribution in [0.2, 0.25) is 0 Å². The predicted octanol–water partition coefficient (Wildman–Crippen LogP) is 1.95. The average Bonchev–Trinajstić information content (AvgIpc) is 2.96. The van der Waals surface area contributed by atoms with E-state index >= 15 is 0 Å². The molecule has 1 aliphatic heterocycles. The van der Waals surface area contributed by atoms with Gasteiger partial charge in [0.05, 0.1) is 17.6 Å². The number of benzene rings is 1. The highest BCUT2D eigenvalue weighted by atomic mass is 15.2. The summed E-state index contributed by atoms with van der Waals surface area (Å²) < 4.78 is 0. The Bertz CT molecular complexity index is 780. The Balaban J connectivity index is 1.73. The van der Waals surface area contributed by atoms with E-state index in [2.05, 4.69) is 61.7 Å². The van der Waals surface area contributed by atoms with Crippen LogP contribution in [0.5, 0.6) is 0 Å². The standard InChI is InChI=1S/C15H16N6/c1-21-7-10-4-2-3-5-11(10)13(8-21)19-14-12-6-18-20-15(12)17-9-16-14/h2-6,9,13H,7-8H2,1H3,(H2,16,17,18,19,20). The summed E-state index contributed by atoms with van der Waals surface area (Å²) in [6, 6.07) is 8.77. The van der Waals surface area contributed by atoms with Crippen LogP contribution in [0.3, 0.4) is 0 Å². The van der Waals surface area contributed by atoms with Gasteiger partial charge in [-0.2, -0.15) is 5.10 Å². The zero-order valence-corrected chi connectivity index (χ0v) is 11.7. The maximum Gasteiger partial charge on any atom is 0.160 e. The van der Waals surface area contributed by atoms with Gasteiger partial charge in [-0.05, 0) is 18.2 Å². The minimum atomic E-state index is 0.216. The van der Waals surface area contributed by atoms with Gasteiger partial charge in [-0.3, -0.25) is 10.00 Å². The lowest BCUT2D eigenvalue weighted by molar-refractivity contribution is 0.291. The van der Waals surface area contributed by atoms with Gasteiger partial charge in [0.2, 0.25) is 0 Å². The predicted molar refractivity (Wildman–Crippen MR) is 80.8 cm³/mol. The largest absolute Gasteiger partial charge is 0.361 e. The van der Waals surface area contributed by atoms with Crippen LogP contribution in [0.25, 0.3) is 11.0 Å². The molecule has 0 saturated carbocycles. The first-order valence-corrected chi connectivity index (χ1v) is 6.98. The van der Waals surface area contributed by atoms with Gasteiger partial charge in [0.1, 0.15) is 12.1 Å². The molecule has 0 aliphatic carbocycles. The fourth-order valence-electron chi connectivity index (χ4n) is 2.95. The van der Waals surface area contributed by atoms with Crippen LogP contribution in [-0.4, -0.2) is 38.7 Å². The van der Waals surface area contributed by atoms with E-state index in [1.54, 1.807) is 12.5 Å². The number of nitrogens with zero attached hydrogens (tertiary/aromatic N) is 4. The minimum absolute atomic E-state index is 0.216. The van der Waals surface area contributed by atoms with Crippen LogP contribution in [0.1, 0.15) is 17.2 Å².